The summed E-state index contributed by atoms with van der Waals surface area (Å²) in [5.74, 6) is -1.20. The number of benzene rings is 1. The topological polar surface area (TPSA) is 102 Å². The first-order chi connectivity index (χ1) is 6.19. The van der Waals surface area contributed by atoms with E-state index < -0.39 is 5.97 Å². The summed E-state index contributed by atoms with van der Waals surface area (Å²) >= 11 is 0. The van der Waals surface area contributed by atoms with Crippen LogP contribution in [0, 0.1) is 0 Å². The molecule has 0 aliphatic carbocycles. The van der Waals surface area contributed by atoms with Gasteiger partial charge in [-0.05, 0) is 18.2 Å². The number of carboxylic acid groups (broad SMARTS) is 1. The lowest BCUT2D eigenvalue weighted by Crippen LogP contribution is -2.04. The van der Waals surface area contributed by atoms with Crippen LogP contribution < -0.4 is 11.0 Å². The van der Waals surface area contributed by atoms with Crippen LogP contribution in [-0.2, 0) is 0 Å². The monoisotopic (exact) mass is 184 g/mol. The van der Waals surface area contributed by atoms with Gasteiger partial charge < -0.3 is 5.11 Å². The molecule has 0 aromatic heterocycles. The molecule has 0 radical (unpaired) electrons. The predicted molar refractivity (Wildman–Crippen MR) is 44.2 cm³/mol. The molecule has 6 nitrogen and oxygen atoms in total. The maximum atomic E-state index is 10.6. The molecule has 0 atom stereocenters. The first-order valence-electron chi connectivity index (χ1n) is 3.36. The maximum absolute atomic E-state index is 10.6. The molecule has 0 bridgehead atoms. The van der Waals surface area contributed by atoms with Crippen molar-refractivity contribution in [2.24, 2.45) is 0 Å². The van der Waals surface area contributed by atoms with Crippen molar-refractivity contribution in [3.8, 4) is 0 Å². The molecule has 70 valence electrons. The molecule has 1 aromatic carbocycles. The summed E-state index contributed by atoms with van der Waals surface area (Å²) in [6.45, 7) is 0. The summed E-state index contributed by atoms with van der Waals surface area (Å²) in [4.78, 5) is 10.6. The SMILES string of the molecule is O=C(O)c1cc(NO)ccc1NO. The van der Waals surface area contributed by atoms with Crippen molar-refractivity contribution in [2.75, 3.05) is 11.0 Å². The number of rotatable bonds is 3. The molecule has 0 fully saturated rings. The number of nitrogens with one attached hydrogen (secondary N) is 2. The zero-order chi connectivity index (χ0) is 9.84. The number of hydrogen-bond donors (Lipinski definition) is 5. The second-order valence-corrected chi connectivity index (χ2v) is 2.29. The Morgan fingerprint density at radius 3 is 2.38 bits per heavy atom. The van der Waals surface area contributed by atoms with Gasteiger partial charge in [0.15, 0.2) is 0 Å². The van der Waals surface area contributed by atoms with Crippen LogP contribution >= 0.6 is 0 Å². The maximum Gasteiger partial charge on any atom is 0.337 e. The average molecular weight is 184 g/mol. The van der Waals surface area contributed by atoms with Crippen molar-refractivity contribution >= 4 is 17.3 Å². The minimum absolute atomic E-state index is 0.0616. The average Bonchev–Trinajstić information content (AvgIpc) is 2.16. The second-order valence-electron chi connectivity index (χ2n) is 2.29. The highest BCUT2D eigenvalue weighted by atomic mass is 16.5. The molecule has 0 spiro atoms. The molecule has 1 aromatic rings. The molecule has 0 heterocycles. The Morgan fingerprint density at radius 2 is 1.92 bits per heavy atom. The van der Waals surface area contributed by atoms with Crippen LogP contribution in [0.15, 0.2) is 18.2 Å². The minimum Gasteiger partial charge on any atom is -0.478 e. The summed E-state index contributed by atoms with van der Waals surface area (Å²) in [7, 11) is 0. The first-order valence-corrected chi connectivity index (χ1v) is 3.36. The molecule has 0 saturated carbocycles. The van der Waals surface area contributed by atoms with Gasteiger partial charge in [0.05, 0.1) is 16.9 Å². The highest BCUT2D eigenvalue weighted by Crippen LogP contribution is 2.19. The predicted octanol–water partition coefficient (Wildman–Crippen LogP) is 0.987. The van der Waals surface area contributed by atoms with Gasteiger partial charge in [0.2, 0.25) is 0 Å². The fraction of sp³-hybridized carbons (Fsp3) is 0. The van der Waals surface area contributed by atoms with E-state index in [-0.39, 0.29) is 16.9 Å². The van der Waals surface area contributed by atoms with Crippen molar-refractivity contribution in [3.05, 3.63) is 23.8 Å². The fourth-order valence-corrected chi connectivity index (χ4v) is 0.888. The van der Waals surface area contributed by atoms with Gasteiger partial charge in [-0.25, -0.2) is 4.79 Å². The largest absolute Gasteiger partial charge is 0.478 e. The van der Waals surface area contributed by atoms with Crippen LogP contribution in [0.3, 0.4) is 0 Å². The molecule has 5 N–H and O–H groups in total. The number of carbonyl (C=O) groups is 1. The molecule has 1 rings (SSSR count). The van der Waals surface area contributed by atoms with E-state index in [0.717, 1.165) is 0 Å². The van der Waals surface area contributed by atoms with Gasteiger partial charge in [-0.1, -0.05) is 0 Å². The number of carboxylic acids is 1. The van der Waals surface area contributed by atoms with Crippen LogP contribution in [0.25, 0.3) is 0 Å². The Hall–Kier alpha value is -1.79. The van der Waals surface area contributed by atoms with Crippen LogP contribution in [0.1, 0.15) is 10.4 Å². The highest BCUT2D eigenvalue weighted by molar-refractivity contribution is 5.95. The second kappa shape index (κ2) is 3.74. The lowest BCUT2D eigenvalue weighted by Gasteiger charge is -2.05. The Kier molecular flexibility index (Phi) is 2.68. The van der Waals surface area contributed by atoms with E-state index in [9.17, 15) is 4.79 Å². The Morgan fingerprint density at radius 1 is 1.23 bits per heavy atom. The zero-order valence-corrected chi connectivity index (χ0v) is 6.48. The smallest absolute Gasteiger partial charge is 0.337 e. The molecule has 0 aliphatic rings. The molecule has 0 aliphatic heterocycles. The standard InChI is InChI=1S/C7H8N2O4/c10-7(11)5-3-4(8-12)1-2-6(5)9-13/h1-3,8-9,12-13H,(H,10,11). The van der Waals surface area contributed by atoms with Gasteiger partial charge in [0.1, 0.15) is 0 Å². The minimum atomic E-state index is -1.20. The van der Waals surface area contributed by atoms with Gasteiger partial charge in [-0.3, -0.25) is 21.4 Å². The highest BCUT2D eigenvalue weighted by Gasteiger charge is 2.09. The summed E-state index contributed by atoms with van der Waals surface area (Å²) in [6, 6.07) is 3.91. The van der Waals surface area contributed by atoms with E-state index in [1.54, 1.807) is 11.0 Å². The number of aromatic carboxylic acids is 1. The van der Waals surface area contributed by atoms with E-state index in [1.165, 1.54) is 18.2 Å². The third-order valence-electron chi connectivity index (χ3n) is 1.50. The molecular weight excluding hydrogens is 176 g/mol. The quantitative estimate of drug-likeness (QED) is 0.449. The van der Waals surface area contributed by atoms with E-state index in [1.807, 2.05) is 0 Å². The van der Waals surface area contributed by atoms with Gasteiger partial charge in [0.25, 0.3) is 0 Å². The number of anilines is 2. The first kappa shape index (κ1) is 9.30. The van der Waals surface area contributed by atoms with Crippen LogP contribution in [0.5, 0.6) is 0 Å². The van der Waals surface area contributed by atoms with Gasteiger partial charge in [-0.15, -0.1) is 0 Å². The Labute approximate surface area is 73.3 Å². The molecule has 6 heteroatoms. The molecule has 0 unspecified atom stereocenters. The van der Waals surface area contributed by atoms with Gasteiger partial charge in [0, 0.05) is 0 Å². The third kappa shape index (κ3) is 1.86. The van der Waals surface area contributed by atoms with E-state index in [0.29, 0.717) is 0 Å². The Bertz CT molecular complexity index is 326. The Balaban J connectivity index is 3.18. The number of hydrogen-bond acceptors (Lipinski definition) is 5. The fourth-order valence-electron chi connectivity index (χ4n) is 0.888. The lowest BCUT2D eigenvalue weighted by atomic mass is 10.1. The van der Waals surface area contributed by atoms with Crippen LogP contribution in [-0.4, -0.2) is 21.5 Å². The molecule has 0 saturated heterocycles. The third-order valence-corrected chi connectivity index (χ3v) is 1.50. The van der Waals surface area contributed by atoms with Crippen LogP contribution in [0.4, 0.5) is 11.4 Å². The lowest BCUT2D eigenvalue weighted by molar-refractivity contribution is 0.0697. The van der Waals surface area contributed by atoms with Crippen LogP contribution in [0.2, 0.25) is 0 Å². The van der Waals surface area contributed by atoms with Crippen molar-refractivity contribution in [2.45, 2.75) is 0 Å². The van der Waals surface area contributed by atoms with E-state index in [4.69, 9.17) is 15.5 Å². The zero-order valence-electron chi connectivity index (χ0n) is 6.48. The van der Waals surface area contributed by atoms with Gasteiger partial charge >= 0.3 is 5.97 Å². The summed E-state index contributed by atoms with van der Waals surface area (Å²) in [5, 5.41) is 25.7. The molecule has 13 heavy (non-hydrogen) atoms. The molecule has 0 amide bonds. The van der Waals surface area contributed by atoms with E-state index >= 15 is 0 Å². The van der Waals surface area contributed by atoms with Crippen molar-refractivity contribution < 1.29 is 20.3 Å². The molecular formula is C7H8N2O4. The van der Waals surface area contributed by atoms with Crippen molar-refractivity contribution in [1.29, 1.82) is 0 Å². The summed E-state index contributed by atoms with van der Waals surface area (Å²) < 4.78 is 0. The van der Waals surface area contributed by atoms with Gasteiger partial charge in [-0.2, -0.15) is 0 Å². The van der Waals surface area contributed by atoms with E-state index in [2.05, 4.69) is 0 Å². The normalized spacial score (nSPS) is 9.38. The van der Waals surface area contributed by atoms with Crippen molar-refractivity contribution in [3.63, 3.8) is 0 Å². The van der Waals surface area contributed by atoms with Crippen molar-refractivity contribution in [1.82, 2.24) is 0 Å². The summed E-state index contributed by atoms with van der Waals surface area (Å²) in [6.07, 6.45) is 0. The summed E-state index contributed by atoms with van der Waals surface area (Å²) in [5.41, 5.74) is 3.70.